The molecule has 0 aliphatic carbocycles. The summed E-state index contributed by atoms with van der Waals surface area (Å²) in [5, 5.41) is 0. The molecule has 21 heavy (non-hydrogen) atoms. The zero-order chi connectivity index (χ0) is 15.5. The number of nitrogens with zero attached hydrogens (tertiary/aromatic N) is 1. The molecule has 6 nitrogen and oxygen atoms in total. The SMILES string of the molecule is Cc1cccc(CNS(=O)(=O)c2cc(Br)cnc2NN)c1. The number of rotatable bonds is 5. The van der Waals surface area contributed by atoms with Gasteiger partial charge in [0, 0.05) is 17.2 Å². The van der Waals surface area contributed by atoms with Crippen molar-refractivity contribution in [3.05, 3.63) is 52.1 Å². The minimum Gasteiger partial charge on any atom is -0.307 e. The Balaban J connectivity index is 2.24. The van der Waals surface area contributed by atoms with Crippen LogP contribution in [0.25, 0.3) is 0 Å². The number of aromatic nitrogens is 1. The maximum Gasteiger partial charge on any atom is 0.244 e. The lowest BCUT2D eigenvalue weighted by molar-refractivity contribution is 0.581. The van der Waals surface area contributed by atoms with Crippen LogP contribution in [0, 0.1) is 6.92 Å². The summed E-state index contributed by atoms with van der Waals surface area (Å²) in [6, 6.07) is 9.06. The first-order valence-electron chi connectivity index (χ1n) is 6.10. The van der Waals surface area contributed by atoms with Crippen molar-refractivity contribution in [1.82, 2.24) is 9.71 Å². The van der Waals surface area contributed by atoms with Crippen molar-refractivity contribution >= 4 is 31.8 Å². The zero-order valence-electron chi connectivity index (χ0n) is 11.3. The molecule has 0 radical (unpaired) electrons. The molecule has 0 unspecified atom stereocenters. The molecule has 0 fully saturated rings. The Morgan fingerprint density at radius 1 is 1.33 bits per heavy atom. The first-order chi connectivity index (χ1) is 9.92. The number of nitrogens with one attached hydrogen (secondary N) is 2. The molecule has 0 amide bonds. The van der Waals surface area contributed by atoms with Crippen molar-refractivity contribution in [2.45, 2.75) is 18.4 Å². The number of pyridine rings is 1. The maximum absolute atomic E-state index is 12.4. The van der Waals surface area contributed by atoms with Crippen LogP contribution >= 0.6 is 15.9 Å². The van der Waals surface area contributed by atoms with Crippen molar-refractivity contribution < 1.29 is 8.42 Å². The van der Waals surface area contributed by atoms with E-state index in [0.29, 0.717) is 4.47 Å². The second-order valence-corrected chi connectivity index (χ2v) is 7.11. The van der Waals surface area contributed by atoms with Gasteiger partial charge in [0.15, 0.2) is 5.82 Å². The number of anilines is 1. The number of benzene rings is 1. The maximum atomic E-state index is 12.4. The van der Waals surface area contributed by atoms with Gasteiger partial charge in [-0.2, -0.15) is 0 Å². The molecule has 0 aliphatic rings. The largest absolute Gasteiger partial charge is 0.307 e. The van der Waals surface area contributed by atoms with Crippen LogP contribution in [0.3, 0.4) is 0 Å². The highest BCUT2D eigenvalue weighted by molar-refractivity contribution is 9.10. The predicted octanol–water partition coefficient (Wildman–Crippen LogP) is 1.92. The molecule has 1 aromatic carbocycles. The average Bonchev–Trinajstić information content (AvgIpc) is 2.45. The number of hydrogen-bond acceptors (Lipinski definition) is 5. The van der Waals surface area contributed by atoms with Crippen molar-refractivity contribution in [2.24, 2.45) is 5.84 Å². The highest BCUT2D eigenvalue weighted by Gasteiger charge is 2.19. The fourth-order valence-electron chi connectivity index (χ4n) is 1.81. The van der Waals surface area contributed by atoms with Crippen molar-refractivity contribution in [3.8, 4) is 0 Å². The summed E-state index contributed by atoms with van der Waals surface area (Å²) in [4.78, 5) is 3.92. The minimum absolute atomic E-state index is 0.00738. The summed E-state index contributed by atoms with van der Waals surface area (Å²) in [6.45, 7) is 2.15. The average molecular weight is 371 g/mol. The third-order valence-electron chi connectivity index (χ3n) is 2.79. The summed E-state index contributed by atoms with van der Waals surface area (Å²) in [7, 11) is -3.72. The number of halogens is 1. The molecular weight excluding hydrogens is 356 g/mol. The fraction of sp³-hybridized carbons (Fsp3) is 0.154. The van der Waals surface area contributed by atoms with Gasteiger partial charge in [-0.3, -0.25) is 0 Å². The van der Waals surface area contributed by atoms with E-state index in [9.17, 15) is 8.42 Å². The second kappa shape index (κ2) is 6.52. The summed E-state index contributed by atoms with van der Waals surface area (Å²) >= 11 is 3.20. The van der Waals surface area contributed by atoms with Gasteiger partial charge in [-0.25, -0.2) is 24.0 Å². The number of nitrogens with two attached hydrogens (primary N) is 1. The van der Waals surface area contributed by atoms with Crippen LogP contribution < -0.4 is 16.0 Å². The van der Waals surface area contributed by atoms with Crippen LogP contribution in [-0.2, 0) is 16.6 Å². The summed E-state index contributed by atoms with van der Waals surface area (Å²) in [6.07, 6.45) is 1.47. The smallest absolute Gasteiger partial charge is 0.244 e. The van der Waals surface area contributed by atoms with Gasteiger partial charge in [-0.05, 0) is 34.5 Å². The van der Waals surface area contributed by atoms with Crippen molar-refractivity contribution in [1.29, 1.82) is 0 Å². The van der Waals surface area contributed by atoms with Gasteiger partial charge in [0.1, 0.15) is 4.90 Å². The molecule has 0 bridgehead atoms. The Kier molecular flexibility index (Phi) is 4.94. The van der Waals surface area contributed by atoms with E-state index >= 15 is 0 Å². The lowest BCUT2D eigenvalue weighted by atomic mass is 10.1. The molecule has 0 spiro atoms. The third-order valence-corrected chi connectivity index (χ3v) is 4.64. The Hall–Kier alpha value is -1.48. The molecule has 1 aromatic heterocycles. The Morgan fingerprint density at radius 3 is 2.76 bits per heavy atom. The standard InChI is InChI=1S/C13H15BrN4O2S/c1-9-3-2-4-10(5-9)7-17-21(19,20)12-6-11(14)8-16-13(12)18-15/h2-6,8,17H,7,15H2,1H3,(H,16,18). The van der Waals surface area contributed by atoms with E-state index in [1.54, 1.807) is 0 Å². The van der Waals surface area contributed by atoms with Crippen LogP contribution in [0.5, 0.6) is 0 Å². The second-order valence-electron chi connectivity index (χ2n) is 4.46. The predicted molar refractivity (Wildman–Crippen MR) is 85.0 cm³/mol. The van der Waals surface area contributed by atoms with Gasteiger partial charge in [0.25, 0.3) is 0 Å². The van der Waals surface area contributed by atoms with E-state index in [4.69, 9.17) is 5.84 Å². The third kappa shape index (κ3) is 4.01. The molecule has 8 heteroatoms. The summed E-state index contributed by atoms with van der Waals surface area (Å²) in [5.74, 6) is 5.40. The molecule has 0 saturated heterocycles. The van der Waals surface area contributed by atoms with Gasteiger partial charge in [-0.15, -0.1) is 0 Å². The van der Waals surface area contributed by atoms with Crippen LogP contribution in [0.4, 0.5) is 5.82 Å². The van der Waals surface area contributed by atoms with Gasteiger partial charge in [0.05, 0.1) is 0 Å². The first kappa shape index (κ1) is 15.9. The monoisotopic (exact) mass is 370 g/mol. The Morgan fingerprint density at radius 2 is 2.10 bits per heavy atom. The Labute approximate surface area is 131 Å². The van der Waals surface area contributed by atoms with E-state index in [-0.39, 0.29) is 17.3 Å². The van der Waals surface area contributed by atoms with Crippen LogP contribution in [0.2, 0.25) is 0 Å². The number of aryl methyl sites for hydroxylation is 1. The van der Waals surface area contributed by atoms with Crippen LogP contribution in [0.1, 0.15) is 11.1 Å². The van der Waals surface area contributed by atoms with E-state index in [0.717, 1.165) is 11.1 Å². The molecule has 2 aromatic rings. The quantitative estimate of drug-likeness (QED) is 0.551. The number of nitrogen functional groups attached to an aromatic ring is 1. The fourth-order valence-corrected chi connectivity index (χ4v) is 3.46. The van der Waals surface area contributed by atoms with Crippen LogP contribution in [-0.4, -0.2) is 13.4 Å². The lowest BCUT2D eigenvalue weighted by Crippen LogP contribution is -2.25. The Bertz CT molecular complexity index is 750. The van der Waals surface area contributed by atoms with Gasteiger partial charge in [0.2, 0.25) is 10.0 Å². The first-order valence-corrected chi connectivity index (χ1v) is 8.37. The van der Waals surface area contributed by atoms with Gasteiger partial charge in [-0.1, -0.05) is 29.8 Å². The lowest BCUT2D eigenvalue weighted by Gasteiger charge is -2.11. The normalized spacial score (nSPS) is 11.4. The molecule has 0 atom stereocenters. The summed E-state index contributed by atoms with van der Waals surface area (Å²) in [5.41, 5.74) is 4.23. The molecule has 0 aliphatic heterocycles. The van der Waals surface area contributed by atoms with Crippen LogP contribution in [0.15, 0.2) is 45.9 Å². The van der Waals surface area contributed by atoms with E-state index < -0.39 is 10.0 Å². The minimum atomic E-state index is -3.72. The van der Waals surface area contributed by atoms with Crippen molar-refractivity contribution in [3.63, 3.8) is 0 Å². The molecule has 0 saturated carbocycles. The van der Waals surface area contributed by atoms with E-state index in [1.807, 2.05) is 31.2 Å². The summed E-state index contributed by atoms with van der Waals surface area (Å²) < 4.78 is 27.8. The van der Waals surface area contributed by atoms with E-state index in [2.05, 4.69) is 31.1 Å². The number of sulfonamides is 1. The molecule has 1 heterocycles. The topological polar surface area (TPSA) is 97.1 Å². The van der Waals surface area contributed by atoms with Gasteiger partial charge >= 0.3 is 0 Å². The van der Waals surface area contributed by atoms with Crippen molar-refractivity contribution in [2.75, 3.05) is 5.43 Å². The molecular formula is C13H15BrN4O2S. The molecule has 4 N–H and O–H groups in total. The number of hydrazine groups is 1. The highest BCUT2D eigenvalue weighted by atomic mass is 79.9. The highest BCUT2D eigenvalue weighted by Crippen LogP contribution is 2.22. The molecule has 112 valence electrons. The van der Waals surface area contributed by atoms with E-state index in [1.165, 1.54) is 12.3 Å². The molecule has 2 rings (SSSR count). The number of hydrogen-bond donors (Lipinski definition) is 3. The van der Waals surface area contributed by atoms with Gasteiger partial charge < -0.3 is 5.43 Å². The zero-order valence-corrected chi connectivity index (χ0v) is 13.7.